The first-order valence-electron chi connectivity index (χ1n) is 9.34. The Morgan fingerprint density at radius 1 is 1.21 bits per heavy atom. The molecule has 5 rings (SSSR count). The summed E-state index contributed by atoms with van der Waals surface area (Å²) in [5.74, 6) is 1.35. The second-order valence-corrected chi connectivity index (χ2v) is 7.04. The molecular weight excluding hydrogens is 354 g/mol. The molecule has 4 aromatic rings. The van der Waals surface area contributed by atoms with Crippen LogP contribution in [0, 0.1) is 0 Å². The summed E-state index contributed by atoms with van der Waals surface area (Å²) in [4.78, 5) is 21.3. The number of hydrogen-bond donors (Lipinski definition) is 1. The number of benzene rings is 1. The predicted octanol–water partition coefficient (Wildman–Crippen LogP) is 3.96. The van der Waals surface area contributed by atoms with E-state index in [4.69, 9.17) is 4.42 Å². The highest BCUT2D eigenvalue weighted by atomic mass is 16.3. The van der Waals surface area contributed by atoms with E-state index in [0.29, 0.717) is 5.95 Å². The van der Waals surface area contributed by atoms with E-state index in [1.807, 2.05) is 16.9 Å². The van der Waals surface area contributed by atoms with Gasteiger partial charge in [0.15, 0.2) is 5.76 Å². The first-order valence-corrected chi connectivity index (χ1v) is 9.34. The molecule has 3 aromatic heterocycles. The molecule has 0 fully saturated rings. The van der Waals surface area contributed by atoms with Crippen LogP contribution in [0.4, 0.5) is 5.95 Å². The van der Waals surface area contributed by atoms with Crippen LogP contribution < -0.4 is 5.32 Å². The molecule has 0 saturated heterocycles. The van der Waals surface area contributed by atoms with Crippen LogP contribution in [0.3, 0.4) is 0 Å². The number of aryl methyl sites for hydroxylation is 1. The number of carbonyl (C=O) groups excluding carboxylic acids is 1. The third-order valence-electron chi connectivity index (χ3n) is 5.38. The molecule has 0 aliphatic carbocycles. The minimum atomic E-state index is -0.351. The van der Waals surface area contributed by atoms with Crippen LogP contribution in [0.25, 0.3) is 10.9 Å². The van der Waals surface area contributed by atoms with Crippen molar-refractivity contribution in [2.75, 3.05) is 5.32 Å². The molecule has 0 saturated carbocycles. The van der Waals surface area contributed by atoms with Crippen LogP contribution in [0.1, 0.15) is 47.2 Å². The van der Waals surface area contributed by atoms with E-state index in [2.05, 4.69) is 51.6 Å². The molecule has 140 valence electrons. The molecule has 7 nitrogen and oxygen atoms in total. The molecule has 2 atom stereocenters. The molecule has 2 unspecified atom stereocenters. The summed E-state index contributed by atoms with van der Waals surface area (Å²) in [5.41, 5.74) is 2.27. The van der Waals surface area contributed by atoms with Crippen LogP contribution in [-0.4, -0.2) is 25.7 Å². The van der Waals surface area contributed by atoms with E-state index in [1.54, 1.807) is 12.1 Å². The zero-order valence-corrected chi connectivity index (χ0v) is 15.4. The van der Waals surface area contributed by atoms with Crippen molar-refractivity contribution in [3.05, 3.63) is 72.1 Å². The van der Waals surface area contributed by atoms with Gasteiger partial charge in [0, 0.05) is 23.9 Å². The van der Waals surface area contributed by atoms with Gasteiger partial charge in [0.2, 0.25) is 5.95 Å². The van der Waals surface area contributed by atoms with Gasteiger partial charge < -0.3 is 4.42 Å². The lowest BCUT2D eigenvalue weighted by Crippen LogP contribution is -2.24. The number of anilines is 1. The van der Waals surface area contributed by atoms with Gasteiger partial charge in [0.05, 0.1) is 17.8 Å². The summed E-state index contributed by atoms with van der Waals surface area (Å²) >= 11 is 0. The molecule has 0 spiro atoms. The lowest BCUT2D eigenvalue weighted by atomic mass is 9.84. The molecule has 1 N–H and O–H groups in total. The van der Waals surface area contributed by atoms with E-state index >= 15 is 0 Å². The SMILES string of the molecule is CC1C(c2cccc3cccnc23)CCc2nc(NC(=O)c3ccco3)nn21. The van der Waals surface area contributed by atoms with E-state index < -0.39 is 0 Å². The van der Waals surface area contributed by atoms with Crippen molar-refractivity contribution in [1.29, 1.82) is 0 Å². The number of aromatic nitrogens is 4. The lowest BCUT2D eigenvalue weighted by molar-refractivity contribution is 0.0995. The molecule has 1 amide bonds. The average molecular weight is 373 g/mol. The topological polar surface area (TPSA) is 85.8 Å². The number of pyridine rings is 1. The number of hydrogen-bond acceptors (Lipinski definition) is 5. The molecule has 7 heteroatoms. The monoisotopic (exact) mass is 373 g/mol. The van der Waals surface area contributed by atoms with Gasteiger partial charge in [-0.25, -0.2) is 4.68 Å². The Labute approximate surface area is 161 Å². The van der Waals surface area contributed by atoms with Crippen molar-refractivity contribution in [3.63, 3.8) is 0 Å². The van der Waals surface area contributed by atoms with Crippen LogP contribution in [0.5, 0.6) is 0 Å². The van der Waals surface area contributed by atoms with Gasteiger partial charge in [0.25, 0.3) is 5.91 Å². The Morgan fingerprint density at radius 3 is 2.96 bits per heavy atom. The molecule has 0 radical (unpaired) electrons. The van der Waals surface area contributed by atoms with Gasteiger partial charge in [-0.1, -0.05) is 24.3 Å². The summed E-state index contributed by atoms with van der Waals surface area (Å²) in [6.45, 7) is 2.14. The van der Waals surface area contributed by atoms with Gasteiger partial charge in [0.1, 0.15) is 5.82 Å². The Bertz CT molecular complexity index is 1140. The third-order valence-corrected chi connectivity index (χ3v) is 5.38. The first-order chi connectivity index (χ1) is 13.7. The summed E-state index contributed by atoms with van der Waals surface area (Å²) in [6, 6.07) is 13.8. The number of furan rings is 1. The second kappa shape index (κ2) is 6.60. The maximum atomic E-state index is 12.2. The standard InChI is InChI=1S/C21H19N5O2/c1-13-15(16-7-2-5-14-6-3-11-22-19(14)16)9-10-18-23-21(25-26(13)18)24-20(27)17-8-4-12-28-17/h2-8,11-13,15H,9-10H2,1H3,(H,24,25,27). The van der Waals surface area contributed by atoms with Gasteiger partial charge in [-0.2, -0.15) is 4.98 Å². The molecule has 0 bridgehead atoms. The Hall–Kier alpha value is -3.48. The van der Waals surface area contributed by atoms with Crippen molar-refractivity contribution in [1.82, 2.24) is 19.7 Å². The van der Waals surface area contributed by atoms with Crippen molar-refractivity contribution < 1.29 is 9.21 Å². The highest BCUT2D eigenvalue weighted by Gasteiger charge is 2.31. The summed E-state index contributed by atoms with van der Waals surface area (Å²) in [7, 11) is 0. The van der Waals surface area contributed by atoms with E-state index in [1.165, 1.54) is 11.8 Å². The van der Waals surface area contributed by atoms with Gasteiger partial charge in [-0.15, -0.1) is 5.10 Å². The predicted molar refractivity (Wildman–Crippen MR) is 104 cm³/mol. The van der Waals surface area contributed by atoms with Crippen LogP contribution in [0.2, 0.25) is 0 Å². The first kappa shape index (κ1) is 16.7. The Balaban J connectivity index is 1.45. The fourth-order valence-electron chi connectivity index (χ4n) is 4.01. The number of nitrogens with zero attached hydrogens (tertiary/aromatic N) is 4. The van der Waals surface area contributed by atoms with Crippen molar-refractivity contribution in [2.45, 2.75) is 31.7 Å². The zero-order valence-electron chi connectivity index (χ0n) is 15.4. The van der Waals surface area contributed by atoms with Crippen LogP contribution in [-0.2, 0) is 6.42 Å². The van der Waals surface area contributed by atoms with E-state index in [0.717, 1.165) is 29.6 Å². The zero-order chi connectivity index (χ0) is 19.1. The highest BCUT2D eigenvalue weighted by Crippen LogP contribution is 2.39. The molecule has 1 aliphatic rings. The second-order valence-electron chi connectivity index (χ2n) is 7.04. The van der Waals surface area contributed by atoms with E-state index in [9.17, 15) is 4.79 Å². The smallest absolute Gasteiger partial charge is 0.293 e. The Kier molecular flexibility index (Phi) is 3.93. The van der Waals surface area contributed by atoms with Gasteiger partial charge in [-0.05, 0) is 37.1 Å². The lowest BCUT2D eigenvalue weighted by Gasteiger charge is -2.30. The molecule has 4 heterocycles. The normalized spacial score (nSPS) is 18.8. The summed E-state index contributed by atoms with van der Waals surface area (Å²) in [6.07, 6.45) is 5.05. The fraction of sp³-hybridized carbons (Fsp3) is 0.238. The van der Waals surface area contributed by atoms with Crippen LogP contribution >= 0.6 is 0 Å². The van der Waals surface area contributed by atoms with Crippen molar-refractivity contribution in [2.24, 2.45) is 0 Å². The maximum Gasteiger partial charge on any atom is 0.293 e. The van der Waals surface area contributed by atoms with Gasteiger partial charge >= 0.3 is 0 Å². The highest BCUT2D eigenvalue weighted by molar-refractivity contribution is 6.01. The number of nitrogens with one attached hydrogen (secondary N) is 1. The van der Waals surface area contributed by atoms with Crippen LogP contribution in [0.15, 0.2) is 59.3 Å². The maximum absolute atomic E-state index is 12.2. The molecular formula is C21H19N5O2. The Morgan fingerprint density at radius 2 is 2.11 bits per heavy atom. The largest absolute Gasteiger partial charge is 0.459 e. The molecule has 1 aromatic carbocycles. The molecule has 28 heavy (non-hydrogen) atoms. The number of amides is 1. The summed E-state index contributed by atoms with van der Waals surface area (Å²) in [5, 5.41) is 8.41. The number of carbonyl (C=O) groups is 1. The number of para-hydroxylation sites is 1. The number of fused-ring (bicyclic) bond motifs is 2. The fourth-order valence-corrected chi connectivity index (χ4v) is 4.01. The minimum Gasteiger partial charge on any atom is -0.459 e. The quantitative estimate of drug-likeness (QED) is 0.587. The third kappa shape index (κ3) is 2.76. The van der Waals surface area contributed by atoms with E-state index in [-0.39, 0.29) is 23.6 Å². The minimum absolute atomic E-state index is 0.109. The number of rotatable bonds is 3. The summed E-state index contributed by atoms with van der Waals surface area (Å²) < 4.78 is 7.05. The van der Waals surface area contributed by atoms with Crippen molar-refractivity contribution >= 4 is 22.8 Å². The van der Waals surface area contributed by atoms with Crippen molar-refractivity contribution in [3.8, 4) is 0 Å². The van der Waals surface area contributed by atoms with Gasteiger partial charge in [-0.3, -0.25) is 15.1 Å². The average Bonchev–Trinajstić information content (AvgIpc) is 3.38. The molecule has 1 aliphatic heterocycles.